The summed E-state index contributed by atoms with van der Waals surface area (Å²) in [6.45, 7) is 5.56. The molecule has 1 amide bonds. The van der Waals surface area contributed by atoms with Crippen molar-refractivity contribution in [3.8, 4) is 5.75 Å². The van der Waals surface area contributed by atoms with Crippen LogP contribution < -0.4 is 10.1 Å². The molecule has 0 aliphatic heterocycles. The van der Waals surface area contributed by atoms with Gasteiger partial charge in [0.15, 0.2) is 11.5 Å². The SMILES string of the molecule is CC(=O)c1ccc(OCc2ccc(C(=O)Nc3c(C)nn(Cc4ccc(F)cc4Cl)c3C)o2)cc1. The smallest absolute Gasteiger partial charge is 0.291 e. The Morgan fingerprint density at radius 3 is 2.54 bits per heavy atom. The van der Waals surface area contributed by atoms with Crippen LogP contribution in [0.2, 0.25) is 5.02 Å². The number of benzene rings is 2. The summed E-state index contributed by atoms with van der Waals surface area (Å²) in [7, 11) is 0. The molecule has 1 N–H and O–H groups in total. The van der Waals surface area contributed by atoms with Crippen LogP contribution in [0.1, 0.15) is 50.5 Å². The number of nitrogens with one attached hydrogen (secondary N) is 1. The van der Waals surface area contributed by atoms with Gasteiger partial charge in [-0.1, -0.05) is 17.7 Å². The molecule has 0 aliphatic carbocycles. The lowest BCUT2D eigenvalue weighted by Gasteiger charge is -2.08. The molecule has 2 heterocycles. The van der Waals surface area contributed by atoms with E-state index in [1.807, 2.05) is 6.92 Å². The fourth-order valence-electron chi connectivity index (χ4n) is 3.54. The minimum atomic E-state index is -0.423. The fourth-order valence-corrected chi connectivity index (χ4v) is 3.76. The Bertz CT molecular complexity index is 1390. The van der Waals surface area contributed by atoms with Crippen molar-refractivity contribution in [2.75, 3.05) is 5.32 Å². The van der Waals surface area contributed by atoms with Gasteiger partial charge in [0.1, 0.15) is 23.9 Å². The van der Waals surface area contributed by atoms with Crippen molar-refractivity contribution in [2.45, 2.75) is 33.9 Å². The van der Waals surface area contributed by atoms with Crippen LogP contribution in [0.5, 0.6) is 5.75 Å². The summed E-state index contributed by atoms with van der Waals surface area (Å²) < 4.78 is 26.3. The van der Waals surface area contributed by atoms with Crippen LogP contribution in [0.25, 0.3) is 0 Å². The number of amides is 1. The summed E-state index contributed by atoms with van der Waals surface area (Å²) in [5.41, 5.74) is 3.22. The van der Waals surface area contributed by atoms with Crippen LogP contribution in [0.15, 0.2) is 59.0 Å². The van der Waals surface area contributed by atoms with Gasteiger partial charge in [0, 0.05) is 10.6 Å². The number of furan rings is 1. The average Bonchev–Trinajstić information content (AvgIpc) is 3.40. The number of ether oxygens (including phenoxy) is 1. The number of carbonyl (C=O) groups is 2. The fraction of sp³-hybridized carbons (Fsp3) is 0.192. The highest BCUT2D eigenvalue weighted by molar-refractivity contribution is 6.31. The number of carbonyl (C=O) groups excluding carboxylic acids is 2. The minimum absolute atomic E-state index is 0.0199. The van der Waals surface area contributed by atoms with Gasteiger partial charge < -0.3 is 14.5 Å². The molecule has 35 heavy (non-hydrogen) atoms. The summed E-state index contributed by atoms with van der Waals surface area (Å²) in [6, 6.07) is 14.2. The number of rotatable bonds is 8. The third-order valence-electron chi connectivity index (χ3n) is 5.48. The molecule has 0 spiro atoms. The molecule has 0 unspecified atom stereocenters. The molecule has 0 atom stereocenters. The second kappa shape index (κ2) is 10.1. The number of hydrogen-bond acceptors (Lipinski definition) is 5. The summed E-state index contributed by atoms with van der Waals surface area (Å²) in [5.74, 6) is 0.331. The van der Waals surface area contributed by atoms with Crippen LogP contribution in [0, 0.1) is 19.7 Å². The first-order valence-corrected chi connectivity index (χ1v) is 11.2. The molecule has 0 aliphatic rings. The Labute approximate surface area is 206 Å². The van der Waals surface area contributed by atoms with Crippen molar-refractivity contribution in [1.29, 1.82) is 0 Å². The van der Waals surface area contributed by atoms with E-state index in [0.717, 1.165) is 5.69 Å². The van der Waals surface area contributed by atoms with Crippen molar-refractivity contribution >= 4 is 29.0 Å². The van der Waals surface area contributed by atoms with E-state index in [4.69, 9.17) is 20.8 Å². The van der Waals surface area contributed by atoms with Crippen molar-refractivity contribution in [3.63, 3.8) is 0 Å². The van der Waals surface area contributed by atoms with Crippen LogP contribution in [0.4, 0.5) is 10.1 Å². The van der Waals surface area contributed by atoms with Crippen LogP contribution in [-0.2, 0) is 13.2 Å². The highest BCUT2D eigenvalue weighted by Gasteiger charge is 2.18. The third-order valence-corrected chi connectivity index (χ3v) is 5.83. The molecule has 2 aromatic heterocycles. The van der Waals surface area contributed by atoms with Crippen LogP contribution in [-0.4, -0.2) is 21.5 Å². The molecule has 9 heteroatoms. The Balaban J connectivity index is 1.40. The second-order valence-corrected chi connectivity index (χ2v) is 8.44. The zero-order chi connectivity index (χ0) is 25.1. The summed E-state index contributed by atoms with van der Waals surface area (Å²) in [4.78, 5) is 24.2. The van der Waals surface area contributed by atoms with E-state index in [0.29, 0.717) is 45.6 Å². The molecule has 7 nitrogen and oxygen atoms in total. The lowest BCUT2D eigenvalue weighted by atomic mass is 10.1. The van der Waals surface area contributed by atoms with Gasteiger partial charge in [0.2, 0.25) is 0 Å². The molecule has 4 aromatic rings. The maximum atomic E-state index is 13.3. The van der Waals surface area contributed by atoms with Gasteiger partial charge in [-0.2, -0.15) is 5.10 Å². The van der Waals surface area contributed by atoms with Gasteiger partial charge in [-0.15, -0.1) is 0 Å². The van der Waals surface area contributed by atoms with Crippen molar-refractivity contribution in [1.82, 2.24) is 9.78 Å². The third kappa shape index (κ3) is 5.60. The van der Waals surface area contributed by atoms with E-state index >= 15 is 0 Å². The highest BCUT2D eigenvalue weighted by Crippen LogP contribution is 2.24. The Morgan fingerprint density at radius 2 is 1.86 bits per heavy atom. The van der Waals surface area contributed by atoms with E-state index < -0.39 is 11.7 Å². The maximum absolute atomic E-state index is 13.3. The lowest BCUT2D eigenvalue weighted by Crippen LogP contribution is -2.12. The quantitative estimate of drug-likeness (QED) is 0.304. The topological polar surface area (TPSA) is 86.4 Å². The van der Waals surface area contributed by atoms with Crippen molar-refractivity contribution in [2.24, 2.45) is 0 Å². The number of hydrogen-bond donors (Lipinski definition) is 1. The number of aryl methyl sites for hydroxylation is 1. The molecule has 180 valence electrons. The summed E-state index contributed by atoms with van der Waals surface area (Å²) in [6.07, 6.45) is 0. The zero-order valence-corrected chi connectivity index (χ0v) is 20.1. The zero-order valence-electron chi connectivity index (χ0n) is 19.4. The first kappa shape index (κ1) is 24.2. The van der Waals surface area contributed by atoms with E-state index in [-0.39, 0.29) is 18.2 Å². The average molecular weight is 496 g/mol. The Morgan fingerprint density at radius 1 is 1.11 bits per heavy atom. The molecule has 0 saturated heterocycles. The number of halogens is 2. The van der Waals surface area contributed by atoms with Gasteiger partial charge in [-0.3, -0.25) is 14.3 Å². The van der Waals surface area contributed by atoms with Crippen LogP contribution in [0.3, 0.4) is 0 Å². The molecule has 4 rings (SSSR count). The molecule has 0 fully saturated rings. The predicted octanol–water partition coefficient (Wildman–Crippen LogP) is 5.97. The predicted molar refractivity (Wildman–Crippen MR) is 130 cm³/mol. The monoisotopic (exact) mass is 495 g/mol. The van der Waals surface area contributed by atoms with E-state index in [2.05, 4.69) is 10.4 Å². The Hall–Kier alpha value is -3.91. The van der Waals surface area contributed by atoms with Gasteiger partial charge >= 0.3 is 0 Å². The van der Waals surface area contributed by atoms with Crippen molar-refractivity contribution in [3.05, 3.63) is 99.5 Å². The largest absolute Gasteiger partial charge is 0.486 e. The van der Waals surface area contributed by atoms with Gasteiger partial charge in [-0.25, -0.2) is 4.39 Å². The van der Waals surface area contributed by atoms with E-state index in [1.165, 1.54) is 19.1 Å². The molecule has 0 saturated carbocycles. The molecular weight excluding hydrogens is 473 g/mol. The standard InChI is InChI=1S/C26H23ClFN3O4/c1-15-25(16(2)31(30-15)13-19-4-7-20(28)12-23(19)27)29-26(33)24-11-10-22(35-24)14-34-21-8-5-18(6-9-21)17(3)32/h4-12H,13-14H2,1-3H3,(H,29,33). The molecule has 0 bridgehead atoms. The first-order valence-electron chi connectivity index (χ1n) is 10.8. The van der Waals surface area contributed by atoms with Gasteiger partial charge in [0.05, 0.1) is 23.6 Å². The maximum Gasteiger partial charge on any atom is 0.291 e. The number of anilines is 1. The number of ketones is 1. The Kier molecular flexibility index (Phi) is 7.02. The molecule has 2 aromatic carbocycles. The lowest BCUT2D eigenvalue weighted by molar-refractivity contribution is 0.0990. The minimum Gasteiger partial charge on any atom is -0.486 e. The van der Waals surface area contributed by atoms with Gasteiger partial charge in [-0.05, 0) is 74.9 Å². The highest BCUT2D eigenvalue weighted by atomic mass is 35.5. The number of Topliss-reactive ketones (excluding diaryl/α,β-unsaturated/α-hetero) is 1. The summed E-state index contributed by atoms with van der Waals surface area (Å²) in [5, 5.41) is 7.63. The summed E-state index contributed by atoms with van der Waals surface area (Å²) >= 11 is 6.14. The second-order valence-electron chi connectivity index (χ2n) is 8.03. The van der Waals surface area contributed by atoms with Crippen LogP contribution >= 0.6 is 11.6 Å². The first-order chi connectivity index (χ1) is 16.7. The molecular formula is C26H23ClFN3O4. The van der Waals surface area contributed by atoms with Crippen molar-refractivity contribution < 1.29 is 23.1 Å². The normalized spacial score (nSPS) is 10.9. The van der Waals surface area contributed by atoms with Gasteiger partial charge in [0.25, 0.3) is 5.91 Å². The number of nitrogens with zero attached hydrogens (tertiary/aromatic N) is 2. The van der Waals surface area contributed by atoms with E-state index in [1.54, 1.807) is 54.1 Å². The molecule has 0 radical (unpaired) electrons. The van der Waals surface area contributed by atoms with E-state index in [9.17, 15) is 14.0 Å². The number of aromatic nitrogens is 2.